The van der Waals surface area contributed by atoms with E-state index in [0.29, 0.717) is 35.6 Å². The first-order valence-corrected chi connectivity index (χ1v) is 12.5. The Morgan fingerprint density at radius 3 is 2.91 bits per heavy atom. The van der Waals surface area contributed by atoms with Crippen LogP contribution in [-0.4, -0.2) is 52.4 Å². The number of carbonyl (C=O) groups is 1. The van der Waals surface area contributed by atoms with Gasteiger partial charge in [0.1, 0.15) is 30.3 Å². The summed E-state index contributed by atoms with van der Waals surface area (Å²) in [6.45, 7) is 1.70. The second kappa shape index (κ2) is 9.47. The fourth-order valence-electron chi connectivity index (χ4n) is 3.92. The fourth-order valence-corrected chi connectivity index (χ4v) is 4.59. The van der Waals surface area contributed by atoms with Gasteiger partial charge < -0.3 is 20.1 Å². The molecule has 2 atom stereocenters. The Hall–Kier alpha value is -3.00. The standard InChI is InChI=1S/C23H24FN3O5S/c1-33(29,30)17-3-4-18-15(8-17)13-32-21-9-14(20(24)10-19(18)21)7-16(11-25)27-23(28)22-12-26-5-2-6-31-22/h3-4,8-10,16,22,26H,2,5-7,12-13H2,1H3,(H,27,28)/t16-,22-/m0/s1. The lowest BCUT2D eigenvalue weighted by Crippen LogP contribution is -2.46. The Bertz CT molecular complexity index is 1220. The van der Waals surface area contributed by atoms with Crippen molar-refractivity contribution in [2.75, 3.05) is 26.0 Å². The monoisotopic (exact) mass is 473 g/mol. The largest absolute Gasteiger partial charge is 0.488 e. The van der Waals surface area contributed by atoms with E-state index in [0.717, 1.165) is 19.2 Å². The molecule has 2 aromatic carbocycles. The van der Waals surface area contributed by atoms with Gasteiger partial charge in [-0.3, -0.25) is 4.79 Å². The van der Waals surface area contributed by atoms with Crippen molar-refractivity contribution < 1.29 is 27.1 Å². The zero-order valence-electron chi connectivity index (χ0n) is 18.1. The van der Waals surface area contributed by atoms with Crippen LogP contribution in [0.2, 0.25) is 0 Å². The average molecular weight is 474 g/mol. The van der Waals surface area contributed by atoms with Crippen LogP contribution in [-0.2, 0) is 32.4 Å². The van der Waals surface area contributed by atoms with Crippen molar-refractivity contribution in [1.29, 1.82) is 5.26 Å². The number of nitrogens with one attached hydrogen (secondary N) is 2. The molecule has 1 amide bonds. The number of ether oxygens (including phenoxy) is 2. The van der Waals surface area contributed by atoms with Crippen LogP contribution in [0.1, 0.15) is 17.5 Å². The molecule has 0 saturated carbocycles. The van der Waals surface area contributed by atoms with Gasteiger partial charge in [-0.05, 0) is 53.9 Å². The van der Waals surface area contributed by atoms with Crippen LogP contribution in [0.15, 0.2) is 35.2 Å². The summed E-state index contributed by atoms with van der Waals surface area (Å²) in [7, 11) is -3.37. The molecule has 2 heterocycles. The molecule has 0 radical (unpaired) electrons. The maximum atomic E-state index is 15.0. The zero-order valence-corrected chi connectivity index (χ0v) is 18.9. The molecule has 1 fully saturated rings. The molecule has 0 unspecified atom stereocenters. The molecule has 33 heavy (non-hydrogen) atoms. The predicted molar refractivity (Wildman–Crippen MR) is 118 cm³/mol. The Kier molecular flexibility index (Phi) is 6.65. The molecule has 1 saturated heterocycles. The van der Waals surface area contributed by atoms with E-state index in [1.807, 2.05) is 6.07 Å². The van der Waals surface area contributed by atoms with Crippen LogP contribution < -0.4 is 15.4 Å². The minimum Gasteiger partial charge on any atom is -0.488 e. The summed E-state index contributed by atoms with van der Waals surface area (Å²) in [6.07, 6.45) is 1.18. The van der Waals surface area contributed by atoms with Gasteiger partial charge in [-0.2, -0.15) is 5.26 Å². The highest BCUT2D eigenvalue weighted by Gasteiger charge is 2.26. The number of halogens is 1. The minimum atomic E-state index is -3.37. The second-order valence-corrected chi connectivity index (χ2v) is 10.1. The number of sulfone groups is 1. The molecule has 10 heteroatoms. The summed E-state index contributed by atoms with van der Waals surface area (Å²) < 4.78 is 49.9. The third kappa shape index (κ3) is 5.16. The van der Waals surface area contributed by atoms with Crippen LogP contribution in [0.25, 0.3) is 11.1 Å². The number of hydrogen-bond donors (Lipinski definition) is 2. The molecule has 4 rings (SSSR count). The number of amides is 1. The molecule has 0 spiro atoms. The summed E-state index contributed by atoms with van der Waals surface area (Å²) in [5.41, 5.74) is 2.08. The lowest BCUT2D eigenvalue weighted by Gasteiger charge is -2.23. The third-order valence-electron chi connectivity index (χ3n) is 5.66. The van der Waals surface area contributed by atoms with Gasteiger partial charge >= 0.3 is 0 Å². The number of nitriles is 1. The van der Waals surface area contributed by atoms with Crippen molar-refractivity contribution in [2.45, 2.75) is 36.5 Å². The van der Waals surface area contributed by atoms with E-state index >= 15 is 0 Å². The number of nitrogens with zero attached hydrogens (tertiary/aromatic N) is 1. The third-order valence-corrected chi connectivity index (χ3v) is 6.77. The zero-order chi connectivity index (χ0) is 23.6. The predicted octanol–water partition coefficient (Wildman–Crippen LogP) is 1.72. The molecule has 2 N–H and O–H groups in total. The normalized spacial score (nSPS) is 18.6. The van der Waals surface area contributed by atoms with Crippen LogP contribution in [0.3, 0.4) is 0 Å². The van der Waals surface area contributed by atoms with E-state index in [4.69, 9.17) is 9.47 Å². The van der Waals surface area contributed by atoms with Crippen molar-refractivity contribution in [2.24, 2.45) is 0 Å². The minimum absolute atomic E-state index is 0.0370. The molecule has 2 aromatic rings. The maximum absolute atomic E-state index is 15.0. The Morgan fingerprint density at radius 1 is 1.33 bits per heavy atom. The SMILES string of the molecule is CS(=O)(=O)c1ccc2c(c1)COc1cc(C[C@@H](C#N)NC(=O)[C@@H]3CNCCCO3)c(F)cc1-2. The first-order valence-electron chi connectivity index (χ1n) is 10.6. The highest BCUT2D eigenvalue weighted by Crippen LogP contribution is 2.40. The number of carbonyl (C=O) groups excluding carboxylic acids is 1. The summed E-state index contributed by atoms with van der Waals surface area (Å²) in [5.74, 6) is -0.522. The van der Waals surface area contributed by atoms with Gasteiger partial charge in [0.05, 0.1) is 11.0 Å². The summed E-state index contributed by atoms with van der Waals surface area (Å²) in [5, 5.41) is 15.2. The van der Waals surface area contributed by atoms with Gasteiger partial charge in [0.15, 0.2) is 9.84 Å². The molecule has 2 aliphatic heterocycles. The van der Waals surface area contributed by atoms with Crippen LogP contribution >= 0.6 is 0 Å². The Balaban J connectivity index is 1.53. The molecule has 0 bridgehead atoms. The molecular formula is C23H24FN3O5S. The first kappa shape index (κ1) is 23.2. The summed E-state index contributed by atoms with van der Waals surface area (Å²) >= 11 is 0. The Labute approximate surface area is 191 Å². The maximum Gasteiger partial charge on any atom is 0.251 e. The highest BCUT2D eigenvalue weighted by atomic mass is 32.2. The van der Waals surface area contributed by atoms with E-state index in [1.165, 1.54) is 24.3 Å². The van der Waals surface area contributed by atoms with Crippen molar-refractivity contribution in [3.05, 3.63) is 47.3 Å². The molecule has 2 aliphatic rings. The van der Waals surface area contributed by atoms with E-state index in [9.17, 15) is 22.9 Å². The van der Waals surface area contributed by atoms with Crippen LogP contribution in [0, 0.1) is 17.1 Å². The number of benzene rings is 2. The van der Waals surface area contributed by atoms with Crippen molar-refractivity contribution in [3.63, 3.8) is 0 Å². The van der Waals surface area contributed by atoms with Crippen molar-refractivity contribution >= 4 is 15.7 Å². The molecular weight excluding hydrogens is 449 g/mol. The lowest BCUT2D eigenvalue weighted by molar-refractivity contribution is -0.132. The molecule has 174 valence electrons. The lowest BCUT2D eigenvalue weighted by atomic mass is 9.94. The smallest absolute Gasteiger partial charge is 0.251 e. The molecule has 0 aromatic heterocycles. The van der Waals surface area contributed by atoms with Gasteiger partial charge in [0.2, 0.25) is 0 Å². The summed E-state index contributed by atoms with van der Waals surface area (Å²) in [4.78, 5) is 12.6. The average Bonchev–Trinajstić information content (AvgIpc) is 3.08. The molecule has 8 nitrogen and oxygen atoms in total. The Morgan fingerprint density at radius 2 is 2.15 bits per heavy atom. The number of hydrogen-bond acceptors (Lipinski definition) is 7. The first-order chi connectivity index (χ1) is 15.8. The quantitative estimate of drug-likeness (QED) is 0.679. The number of fused-ring (bicyclic) bond motifs is 3. The van der Waals surface area contributed by atoms with Gasteiger partial charge in [0.25, 0.3) is 5.91 Å². The molecule has 0 aliphatic carbocycles. The van der Waals surface area contributed by atoms with Crippen molar-refractivity contribution in [1.82, 2.24) is 10.6 Å². The van der Waals surface area contributed by atoms with Crippen LogP contribution in [0.4, 0.5) is 4.39 Å². The van der Waals surface area contributed by atoms with Gasteiger partial charge in [-0.15, -0.1) is 0 Å². The summed E-state index contributed by atoms with van der Waals surface area (Å²) in [6, 6.07) is 8.57. The fraction of sp³-hybridized carbons (Fsp3) is 0.391. The van der Waals surface area contributed by atoms with Crippen LogP contribution in [0.5, 0.6) is 5.75 Å². The topological polar surface area (TPSA) is 118 Å². The van der Waals surface area contributed by atoms with Crippen molar-refractivity contribution in [3.8, 4) is 22.9 Å². The number of rotatable bonds is 5. The van der Waals surface area contributed by atoms with E-state index in [2.05, 4.69) is 10.6 Å². The van der Waals surface area contributed by atoms with E-state index in [1.54, 1.807) is 6.07 Å². The van der Waals surface area contributed by atoms with Gasteiger partial charge in [0, 0.05) is 31.4 Å². The van der Waals surface area contributed by atoms with E-state index in [-0.39, 0.29) is 23.5 Å². The van der Waals surface area contributed by atoms with E-state index < -0.39 is 33.7 Å². The second-order valence-electron chi connectivity index (χ2n) is 8.13. The van der Waals surface area contributed by atoms with Gasteiger partial charge in [-0.1, -0.05) is 6.07 Å². The highest BCUT2D eigenvalue weighted by molar-refractivity contribution is 7.90. The van der Waals surface area contributed by atoms with Gasteiger partial charge in [-0.25, -0.2) is 12.8 Å².